The predicted molar refractivity (Wildman–Crippen MR) is 116 cm³/mol. The first-order chi connectivity index (χ1) is 15.5. The molecule has 1 aliphatic carbocycles. The number of H-pyrrole nitrogens is 1. The van der Waals surface area contributed by atoms with Gasteiger partial charge >= 0.3 is 0 Å². The maximum atomic E-state index is 14.8. The van der Waals surface area contributed by atoms with Gasteiger partial charge in [0, 0.05) is 28.0 Å². The van der Waals surface area contributed by atoms with Crippen molar-refractivity contribution < 1.29 is 18.0 Å². The number of hydrogen-bond donors (Lipinski definition) is 3. The zero-order valence-corrected chi connectivity index (χ0v) is 17.3. The minimum Gasteiger partial charge on any atom is -0.346 e. The lowest BCUT2D eigenvalue weighted by Gasteiger charge is -2.10. The minimum atomic E-state index is -0.975. The molecule has 0 aliphatic heterocycles. The van der Waals surface area contributed by atoms with Crippen LogP contribution in [-0.4, -0.2) is 20.9 Å². The Bertz CT molecular complexity index is 1340. The van der Waals surface area contributed by atoms with Crippen LogP contribution in [0.3, 0.4) is 0 Å². The molecule has 2 aromatic heterocycles. The molecular formula is C22H16F3N5OS. The molecule has 10 heteroatoms. The summed E-state index contributed by atoms with van der Waals surface area (Å²) in [4.78, 5) is 24.3. The Balaban J connectivity index is 1.40. The largest absolute Gasteiger partial charge is 0.346 e. The van der Waals surface area contributed by atoms with E-state index in [0.717, 1.165) is 36.9 Å². The van der Waals surface area contributed by atoms with Gasteiger partial charge < -0.3 is 9.71 Å². The number of aromatic amines is 1. The molecule has 3 N–H and O–H groups in total. The summed E-state index contributed by atoms with van der Waals surface area (Å²) in [5.41, 5.74) is 1.67. The third kappa shape index (κ3) is 4.13. The minimum absolute atomic E-state index is 0.00345. The lowest BCUT2D eigenvalue weighted by atomic mass is 10.1. The van der Waals surface area contributed by atoms with Crippen LogP contribution in [0.2, 0.25) is 0 Å². The number of halogens is 3. The standard InChI is InChI=1S/C22H16F3N5OS/c23-15-5-4-13(10-16(15)24)32-30-18-6-3-12(9-17(18)25)19-14-7-8-26-20(14)28-22(27-19)29-21(31)11-1-2-11/h3-11,30H,1-2H2,(H2,26,27,28,29,31). The SMILES string of the molecule is O=C(Nc1nc(-c2ccc(NSc3ccc(F)c(F)c3)c(F)c2)c2cc[nH]c2n1)C1CC1. The summed E-state index contributed by atoms with van der Waals surface area (Å²) in [6.07, 6.45) is 3.40. The monoisotopic (exact) mass is 455 g/mol. The van der Waals surface area contributed by atoms with Crippen molar-refractivity contribution in [3.63, 3.8) is 0 Å². The van der Waals surface area contributed by atoms with Crippen molar-refractivity contribution in [3.8, 4) is 11.3 Å². The molecule has 1 saturated carbocycles. The maximum absolute atomic E-state index is 14.8. The first-order valence-electron chi connectivity index (χ1n) is 9.82. The van der Waals surface area contributed by atoms with E-state index >= 15 is 0 Å². The molecule has 5 rings (SSSR count). The average Bonchev–Trinajstić information content (AvgIpc) is 3.53. The van der Waals surface area contributed by atoms with Crippen LogP contribution in [0.4, 0.5) is 24.8 Å². The van der Waals surface area contributed by atoms with Crippen LogP contribution in [0, 0.1) is 23.4 Å². The van der Waals surface area contributed by atoms with E-state index in [0.29, 0.717) is 27.2 Å². The van der Waals surface area contributed by atoms with Crippen molar-refractivity contribution in [2.24, 2.45) is 5.92 Å². The van der Waals surface area contributed by atoms with E-state index in [4.69, 9.17) is 0 Å². The second kappa shape index (κ2) is 8.19. The number of anilines is 2. The molecule has 1 aliphatic rings. The Labute approximate surface area is 184 Å². The van der Waals surface area contributed by atoms with Crippen molar-refractivity contribution in [1.82, 2.24) is 15.0 Å². The Morgan fingerprint density at radius 3 is 2.59 bits per heavy atom. The second-order valence-electron chi connectivity index (χ2n) is 7.37. The van der Waals surface area contributed by atoms with Gasteiger partial charge in [-0.25, -0.2) is 18.2 Å². The van der Waals surface area contributed by atoms with Gasteiger partial charge in [0.2, 0.25) is 11.9 Å². The second-order valence-corrected chi connectivity index (χ2v) is 8.25. The molecule has 6 nitrogen and oxygen atoms in total. The van der Waals surface area contributed by atoms with Gasteiger partial charge in [0.1, 0.15) is 11.5 Å². The summed E-state index contributed by atoms with van der Waals surface area (Å²) >= 11 is 0.959. The lowest BCUT2D eigenvalue weighted by molar-refractivity contribution is -0.117. The number of fused-ring (bicyclic) bond motifs is 1. The number of nitrogens with zero attached hydrogens (tertiary/aromatic N) is 2. The van der Waals surface area contributed by atoms with Crippen LogP contribution in [0.25, 0.3) is 22.3 Å². The highest BCUT2D eigenvalue weighted by molar-refractivity contribution is 8.00. The van der Waals surface area contributed by atoms with E-state index in [-0.39, 0.29) is 23.5 Å². The van der Waals surface area contributed by atoms with E-state index in [1.165, 1.54) is 18.2 Å². The maximum Gasteiger partial charge on any atom is 0.232 e. The number of nitrogens with one attached hydrogen (secondary N) is 3. The Morgan fingerprint density at radius 1 is 1.00 bits per heavy atom. The number of carbonyl (C=O) groups is 1. The van der Waals surface area contributed by atoms with E-state index < -0.39 is 17.5 Å². The molecule has 0 unspecified atom stereocenters. The number of aromatic nitrogens is 3. The van der Waals surface area contributed by atoms with Crippen LogP contribution in [0.15, 0.2) is 53.6 Å². The third-order valence-corrected chi connectivity index (χ3v) is 5.82. The smallest absolute Gasteiger partial charge is 0.232 e. The average molecular weight is 455 g/mol. The van der Waals surface area contributed by atoms with E-state index in [1.54, 1.807) is 18.3 Å². The molecule has 0 spiro atoms. The first kappa shape index (κ1) is 20.4. The summed E-state index contributed by atoms with van der Waals surface area (Å²) < 4.78 is 44.0. The van der Waals surface area contributed by atoms with Gasteiger partial charge in [-0.3, -0.25) is 10.1 Å². The van der Waals surface area contributed by atoms with Gasteiger partial charge in [-0.2, -0.15) is 4.98 Å². The highest BCUT2D eigenvalue weighted by Gasteiger charge is 2.30. The number of amides is 1. The van der Waals surface area contributed by atoms with E-state index in [2.05, 4.69) is 25.0 Å². The van der Waals surface area contributed by atoms with Crippen LogP contribution in [0.5, 0.6) is 0 Å². The molecule has 1 amide bonds. The quantitative estimate of drug-likeness (QED) is 0.334. The van der Waals surface area contributed by atoms with Crippen LogP contribution < -0.4 is 10.0 Å². The fourth-order valence-corrected chi connectivity index (χ4v) is 3.87. The van der Waals surface area contributed by atoms with Crippen LogP contribution in [-0.2, 0) is 4.79 Å². The molecule has 0 radical (unpaired) electrons. The molecule has 0 bridgehead atoms. The van der Waals surface area contributed by atoms with Crippen LogP contribution >= 0.6 is 11.9 Å². The molecule has 0 saturated heterocycles. The molecule has 32 heavy (non-hydrogen) atoms. The molecular weight excluding hydrogens is 439 g/mol. The van der Waals surface area contributed by atoms with Gasteiger partial charge in [0.05, 0.1) is 11.4 Å². The summed E-state index contributed by atoms with van der Waals surface area (Å²) in [7, 11) is 0. The number of hydrogen-bond acceptors (Lipinski definition) is 5. The number of benzene rings is 2. The summed E-state index contributed by atoms with van der Waals surface area (Å²) in [5, 5.41) is 3.41. The number of rotatable bonds is 6. The molecule has 4 aromatic rings. The molecule has 2 heterocycles. The first-order valence-corrected chi connectivity index (χ1v) is 10.6. The topological polar surface area (TPSA) is 82.7 Å². The third-order valence-electron chi connectivity index (χ3n) is 5.01. The molecule has 2 aromatic carbocycles. The van der Waals surface area contributed by atoms with Crippen molar-refractivity contribution in [3.05, 3.63) is 66.1 Å². The van der Waals surface area contributed by atoms with Gasteiger partial charge in [-0.05, 0) is 61.2 Å². The predicted octanol–water partition coefficient (Wildman–Crippen LogP) is 5.51. The fourth-order valence-electron chi connectivity index (χ4n) is 3.17. The van der Waals surface area contributed by atoms with Crippen LogP contribution in [0.1, 0.15) is 12.8 Å². The molecule has 162 valence electrons. The summed E-state index contributed by atoms with van der Waals surface area (Å²) in [6, 6.07) is 9.73. The normalized spacial score (nSPS) is 13.3. The Hall–Kier alpha value is -3.53. The van der Waals surface area contributed by atoms with Gasteiger partial charge in [-0.1, -0.05) is 6.07 Å². The van der Waals surface area contributed by atoms with E-state index in [1.807, 2.05) is 0 Å². The summed E-state index contributed by atoms with van der Waals surface area (Å²) in [6.45, 7) is 0. The Kier molecular flexibility index (Phi) is 5.22. The highest BCUT2D eigenvalue weighted by atomic mass is 32.2. The lowest BCUT2D eigenvalue weighted by Crippen LogP contribution is -2.15. The Morgan fingerprint density at radius 2 is 1.84 bits per heavy atom. The van der Waals surface area contributed by atoms with Crippen molar-refractivity contribution in [2.45, 2.75) is 17.7 Å². The fraction of sp³-hybridized carbons (Fsp3) is 0.136. The zero-order valence-electron chi connectivity index (χ0n) is 16.5. The van der Waals surface area contributed by atoms with Crippen molar-refractivity contribution in [1.29, 1.82) is 0 Å². The molecule has 1 fully saturated rings. The van der Waals surface area contributed by atoms with Crippen molar-refractivity contribution >= 4 is 40.5 Å². The molecule has 0 atom stereocenters. The highest BCUT2D eigenvalue weighted by Crippen LogP contribution is 2.33. The summed E-state index contributed by atoms with van der Waals surface area (Å²) in [5.74, 6) is -2.44. The van der Waals surface area contributed by atoms with Crippen molar-refractivity contribution in [2.75, 3.05) is 10.0 Å². The van der Waals surface area contributed by atoms with Gasteiger partial charge in [0.15, 0.2) is 11.6 Å². The van der Waals surface area contributed by atoms with E-state index in [9.17, 15) is 18.0 Å². The van der Waals surface area contributed by atoms with Gasteiger partial charge in [0.25, 0.3) is 0 Å². The number of carbonyl (C=O) groups excluding carboxylic acids is 1. The van der Waals surface area contributed by atoms with Gasteiger partial charge in [-0.15, -0.1) is 0 Å². The zero-order chi connectivity index (χ0) is 22.2.